The number of nitrogens with zero attached hydrogens (tertiary/aromatic N) is 2. The number of aromatic amines is 1. The van der Waals surface area contributed by atoms with Crippen molar-refractivity contribution in [2.24, 2.45) is 5.73 Å². The molecular weight excluding hydrogens is 248 g/mol. The van der Waals surface area contributed by atoms with Gasteiger partial charge in [0.05, 0.1) is 5.52 Å². The second kappa shape index (κ2) is 3.92. The average molecular weight is 258 g/mol. The fourth-order valence-corrected chi connectivity index (χ4v) is 2.62. The minimum absolute atomic E-state index is 0.270. The molecule has 0 atom stereocenters. The Hall–Kier alpha value is -2.21. The Kier molecular flexibility index (Phi) is 2.38. The first-order chi connectivity index (χ1) is 8.65. The predicted octanol–water partition coefficient (Wildman–Crippen LogP) is 2.09. The number of benzene rings is 1. The van der Waals surface area contributed by atoms with E-state index in [0.29, 0.717) is 0 Å². The van der Waals surface area contributed by atoms with Crippen molar-refractivity contribution in [3.05, 3.63) is 35.0 Å². The van der Waals surface area contributed by atoms with Gasteiger partial charge in [-0.3, -0.25) is 9.89 Å². The third kappa shape index (κ3) is 1.67. The lowest BCUT2D eigenvalue weighted by molar-refractivity contribution is 0.0997. The van der Waals surface area contributed by atoms with Crippen LogP contribution in [-0.2, 0) is 0 Å². The molecule has 90 valence electrons. The SMILES string of the molecule is Cc1csc(-c2ccc3c(C(N)=O)n[nH]c3c2)n1. The predicted molar refractivity (Wildman–Crippen MR) is 70.5 cm³/mol. The molecule has 0 radical (unpaired) electrons. The summed E-state index contributed by atoms with van der Waals surface area (Å²) in [4.78, 5) is 15.6. The summed E-state index contributed by atoms with van der Waals surface area (Å²) in [7, 11) is 0. The van der Waals surface area contributed by atoms with E-state index in [0.717, 1.165) is 27.2 Å². The number of thiazole rings is 1. The molecule has 0 spiro atoms. The van der Waals surface area contributed by atoms with Crippen molar-refractivity contribution in [3.8, 4) is 10.6 Å². The molecule has 2 aromatic heterocycles. The quantitative estimate of drug-likeness (QED) is 0.738. The van der Waals surface area contributed by atoms with Crippen LogP contribution in [0.3, 0.4) is 0 Å². The van der Waals surface area contributed by atoms with Gasteiger partial charge in [-0.1, -0.05) is 6.07 Å². The molecule has 3 N–H and O–H groups in total. The fourth-order valence-electron chi connectivity index (χ4n) is 1.83. The van der Waals surface area contributed by atoms with E-state index in [-0.39, 0.29) is 5.69 Å². The van der Waals surface area contributed by atoms with Crippen LogP contribution in [0.2, 0.25) is 0 Å². The molecule has 0 aliphatic rings. The van der Waals surface area contributed by atoms with E-state index in [1.54, 1.807) is 11.3 Å². The highest BCUT2D eigenvalue weighted by molar-refractivity contribution is 7.13. The Morgan fingerprint density at radius 2 is 2.28 bits per heavy atom. The van der Waals surface area contributed by atoms with Gasteiger partial charge in [-0.25, -0.2) is 4.98 Å². The number of rotatable bonds is 2. The molecule has 0 aliphatic carbocycles. The standard InChI is InChI=1S/C12H10N4OS/c1-6-5-18-12(14-6)7-2-3-8-9(4-7)15-16-10(8)11(13)17/h2-5H,1H3,(H2,13,17)(H,15,16). The van der Waals surface area contributed by atoms with Crippen molar-refractivity contribution < 1.29 is 4.79 Å². The van der Waals surface area contributed by atoms with Crippen LogP contribution < -0.4 is 5.73 Å². The molecular formula is C12H10N4OS. The summed E-state index contributed by atoms with van der Waals surface area (Å²) in [5.74, 6) is -0.529. The summed E-state index contributed by atoms with van der Waals surface area (Å²) < 4.78 is 0. The molecule has 0 fully saturated rings. The summed E-state index contributed by atoms with van der Waals surface area (Å²) in [5.41, 5.74) is 8.30. The van der Waals surface area contributed by atoms with Gasteiger partial charge in [0.1, 0.15) is 5.01 Å². The van der Waals surface area contributed by atoms with Crippen LogP contribution in [0, 0.1) is 6.92 Å². The van der Waals surface area contributed by atoms with Crippen molar-refractivity contribution in [2.45, 2.75) is 6.92 Å². The summed E-state index contributed by atoms with van der Waals surface area (Å²) in [6.07, 6.45) is 0. The Morgan fingerprint density at radius 3 is 2.94 bits per heavy atom. The molecule has 1 amide bonds. The van der Waals surface area contributed by atoms with Crippen molar-refractivity contribution in [1.82, 2.24) is 15.2 Å². The number of nitrogens with one attached hydrogen (secondary N) is 1. The van der Waals surface area contributed by atoms with Crippen molar-refractivity contribution in [2.75, 3.05) is 0 Å². The van der Waals surface area contributed by atoms with Crippen LogP contribution in [-0.4, -0.2) is 21.1 Å². The second-order valence-corrected chi connectivity index (χ2v) is 4.85. The number of aryl methyl sites for hydroxylation is 1. The molecule has 5 nitrogen and oxygen atoms in total. The monoisotopic (exact) mass is 258 g/mol. The number of carbonyl (C=O) groups is 1. The maximum Gasteiger partial charge on any atom is 0.269 e. The highest BCUT2D eigenvalue weighted by atomic mass is 32.1. The number of hydrogen-bond acceptors (Lipinski definition) is 4. The Labute approximate surface area is 107 Å². The van der Waals surface area contributed by atoms with Crippen LogP contribution in [0.15, 0.2) is 23.6 Å². The Bertz CT molecular complexity index is 743. The van der Waals surface area contributed by atoms with Crippen molar-refractivity contribution in [3.63, 3.8) is 0 Å². The number of carbonyl (C=O) groups excluding carboxylic acids is 1. The average Bonchev–Trinajstić information content (AvgIpc) is 2.93. The lowest BCUT2D eigenvalue weighted by Gasteiger charge is -1.96. The van der Waals surface area contributed by atoms with E-state index in [1.807, 2.05) is 30.5 Å². The normalized spacial score (nSPS) is 10.9. The smallest absolute Gasteiger partial charge is 0.269 e. The maximum atomic E-state index is 11.2. The molecule has 0 aliphatic heterocycles. The molecule has 6 heteroatoms. The molecule has 0 unspecified atom stereocenters. The van der Waals surface area contributed by atoms with Gasteiger partial charge >= 0.3 is 0 Å². The van der Waals surface area contributed by atoms with Gasteiger partial charge < -0.3 is 5.73 Å². The molecule has 3 rings (SSSR count). The summed E-state index contributed by atoms with van der Waals surface area (Å²) in [5, 5.41) is 10.4. The zero-order valence-corrected chi connectivity index (χ0v) is 10.4. The minimum atomic E-state index is -0.529. The first-order valence-electron chi connectivity index (χ1n) is 5.35. The Morgan fingerprint density at radius 1 is 1.44 bits per heavy atom. The van der Waals surface area contributed by atoms with Crippen LogP contribution in [0.25, 0.3) is 21.5 Å². The van der Waals surface area contributed by atoms with Gasteiger partial charge in [0, 0.05) is 22.0 Å². The van der Waals surface area contributed by atoms with Gasteiger partial charge in [0.2, 0.25) is 0 Å². The van der Waals surface area contributed by atoms with Gasteiger partial charge in [-0.2, -0.15) is 5.10 Å². The number of H-pyrrole nitrogens is 1. The third-order valence-corrected chi connectivity index (χ3v) is 3.67. The minimum Gasteiger partial charge on any atom is -0.364 e. The number of aromatic nitrogens is 3. The number of hydrogen-bond donors (Lipinski definition) is 2. The summed E-state index contributed by atoms with van der Waals surface area (Å²) >= 11 is 1.59. The van der Waals surface area contributed by atoms with Gasteiger partial charge in [0.25, 0.3) is 5.91 Å². The van der Waals surface area contributed by atoms with E-state index in [9.17, 15) is 4.79 Å². The van der Waals surface area contributed by atoms with E-state index in [1.165, 1.54) is 0 Å². The van der Waals surface area contributed by atoms with Crippen molar-refractivity contribution in [1.29, 1.82) is 0 Å². The van der Waals surface area contributed by atoms with Crippen LogP contribution in [0.5, 0.6) is 0 Å². The van der Waals surface area contributed by atoms with E-state index in [2.05, 4.69) is 15.2 Å². The highest BCUT2D eigenvalue weighted by Crippen LogP contribution is 2.27. The molecule has 3 aromatic rings. The zero-order valence-electron chi connectivity index (χ0n) is 9.60. The second-order valence-electron chi connectivity index (χ2n) is 3.99. The number of primary amides is 1. The largest absolute Gasteiger partial charge is 0.364 e. The summed E-state index contributed by atoms with van der Waals surface area (Å²) in [6, 6.07) is 5.68. The van der Waals surface area contributed by atoms with Gasteiger partial charge in [0.15, 0.2) is 5.69 Å². The highest BCUT2D eigenvalue weighted by Gasteiger charge is 2.12. The lowest BCUT2D eigenvalue weighted by Crippen LogP contribution is -2.11. The van der Waals surface area contributed by atoms with Crippen LogP contribution in [0.4, 0.5) is 0 Å². The number of nitrogens with two attached hydrogens (primary N) is 1. The molecule has 0 bridgehead atoms. The molecule has 0 saturated heterocycles. The van der Waals surface area contributed by atoms with Crippen LogP contribution >= 0.6 is 11.3 Å². The maximum absolute atomic E-state index is 11.2. The molecule has 18 heavy (non-hydrogen) atoms. The first kappa shape index (κ1) is 10.9. The summed E-state index contributed by atoms with van der Waals surface area (Å²) in [6.45, 7) is 1.96. The molecule has 2 heterocycles. The van der Waals surface area contributed by atoms with E-state index < -0.39 is 5.91 Å². The third-order valence-electron chi connectivity index (χ3n) is 2.66. The number of amides is 1. The molecule has 1 aromatic carbocycles. The fraction of sp³-hybridized carbons (Fsp3) is 0.0833. The molecule has 0 saturated carbocycles. The first-order valence-corrected chi connectivity index (χ1v) is 6.23. The van der Waals surface area contributed by atoms with Gasteiger partial charge in [-0.05, 0) is 19.1 Å². The Balaban J connectivity index is 2.15. The van der Waals surface area contributed by atoms with Crippen molar-refractivity contribution >= 4 is 28.1 Å². The van der Waals surface area contributed by atoms with E-state index >= 15 is 0 Å². The topological polar surface area (TPSA) is 84.7 Å². The number of fused-ring (bicyclic) bond motifs is 1. The van der Waals surface area contributed by atoms with E-state index in [4.69, 9.17) is 5.73 Å². The lowest BCUT2D eigenvalue weighted by atomic mass is 10.1. The zero-order chi connectivity index (χ0) is 12.7. The van der Waals surface area contributed by atoms with Crippen LogP contribution in [0.1, 0.15) is 16.2 Å². The van der Waals surface area contributed by atoms with Gasteiger partial charge in [-0.15, -0.1) is 11.3 Å².